The largest absolute Gasteiger partial charge is 0.463 e. The van der Waals surface area contributed by atoms with Crippen LogP contribution in [0.3, 0.4) is 0 Å². The fraction of sp³-hybridized carbons (Fsp3) is 0.133. The third-order valence-electron chi connectivity index (χ3n) is 6.07. The fourth-order valence-corrected chi connectivity index (χ4v) is 5.88. The third-order valence-corrected chi connectivity index (χ3v) is 7.67. The van der Waals surface area contributed by atoms with Crippen molar-refractivity contribution < 1.29 is 23.5 Å². The summed E-state index contributed by atoms with van der Waals surface area (Å²) in [6.07, 6.45) is 1.70. The zero-order valence-corrected chi connectivity index (χ0v) is 23.8. The monoisotopic (exact) mass is 620 g/mol. The number of ether oxygens (including phenoxy) is 2. The number of aromatic nitrogens is 1. The van der Waals surface area contributed by atoms with Crippen LogP contribution in [0.2, 0.25) is 0 Å². The number of hydrogen-bond donors (Lipinski definition) is 0. The Hall–Kier alpha value is -4.15. The average molecular weight is 621 g/mol. The molecule has 1 aromatic heterocycles. The van der Waals surface area contributed by atoms with Gasteiger partial charge >= 0.3 is 11.9 Å². The molecular formula is C30H22BrFN2O5S. The molecule has 5 rings (SSSR count). The van der Waals surface area contributed by atoms with E-state index in [4.69, 9.17) is 14.5 Å². The van der Waals surface area contributed by atoms with Crippen molar-refractivity contribution in [1.82, 2.24) is 4.57 Å². The summed E-state index contributed by atoms with van der Waals surface area (Å²) < 4.78 is 26.9. The highest BCUT2D eigenvalue weighted by Gasteiger charge is 2.35. The van der Waals surface area contributed by atoms with Gasteiger partial charge in [-0.25, -0.2) is 14.2 Å². The summed E-state index contributed by atoms with van der Waals surface area (Å²) in [5.74, 6) is -1.15. The maximum atomic E-state index is 13.9. The van der Waals surface area contributed by atoms with Crippen molar-refractivity contribution in [3.05, 3.63) is 125 Å². The number of rotatable bonds is 6. The van der Waals surface area contributed by atoms with E-state index in [1.54, 1.807) is 43.3 Å². The summed E-state index contributed by atoms with van der Waals surface area (Å²) in [5.41, 5.74) is 2.10. The summed E-state index contributed by atoms with van der Waals surface area (Å²) in [6.45, 7) is 3.14. The number of halogens is 2. The molecule has 0 saturated heterocycles. The van der Waals surface area contributed by atoms with Crippen molar-refractivity contribution in [1.29, 1.82) is 0 Å². The lowest BCUT2D eigenvalue weighted by Gasteiger charge is -2.25. The molecule has 3 aromatic carbocycles. The molecule has 1 aliphatic heterocycles. The van der Waals surface area contributed by atoms with E-state index in [1.165, 1.54) is 35.0 Å². The molecule has 0 unspecified atom stereocenters. The van der Waals surface area contributed by atoms with Gasteiger partial charge in [-0.1, -0.05) is 59.9 Å². The second-order valence-corrected chi connectivity index (χ2v) is 10.6. The molecule has 40 heavy (non-hydrogen) atoms. The smallest absolute Gasteiger partial charge is 0.338 e. The lowest BCUT2D eigenvalue weighted by Crippen LogP contribution is -2.40. The van der Waals surface area contributed by atoms with E-state index in [9.17, 15) is 18.8 Å². The molecule has 0 spiro atoms. The Labute approximate surface area is 240 Å². The third kappa shape index (κ3) is 5.45. The van der Waals surface area contributed by atoms with Gasteiger partial charge in [-0.05, 0) is 64.3 Å². The number of carbonyl (C=O) groups is 2. The van der Waals surface area contributed by atoms with E-state index < -0.39 is 23.8 Å². The van der Waals surface area contributed by atoms with Gasteiger partial charge in [0.1, 0.15) is 11.6 Å². The molecule has 202 valence electrons. The second kappa shape index (κ2) is 11.5. The Kier molecular flexibility index (Phi) is 7.90. The summed E-state index contributed by atoms with van der Waals surface area (Å²) in [5, 5.41) is 0. The maximum Gasteiger partial charge on any atom is 0.338 e. The first-order chi connectivity index (χ1) is 19.3. The van der Waals surface area contributed by atoms with Crippen molar-refractivity contribution in [3.63, 3.8) is 0 Å². The molecule has 4 aromatic rings. The first-order valence-electron chi connectivity index (χ1n) is 12.3. The average Bonchev–Trinajstić information content (AvgIpc) is 3.24. The number of nitrogens with zero attached hydrogens (tertiary/aromatic N) is 2. The maximum absolute atomic E-state index is 13.9. The van der Waals surface area contributed by atoms with Crippen LogP contribution in [-0.2, 0) is 14.3 Å². The molecule has 7 nitrogen and oxygen atoms in total. The summed E-state index contributed by atoms with van der Waals surface area (Å²) in [7, 11) is 0. The Balaban J connectivity index is 1.76. The van der Waals surface area contributed by atoms with E-state index in [2.05, 4.69) is 15.9 Å². The molecule has 0 saturated carbocycles. The van der Waals surface area contributed by atoms with E-state index in [0.717, 1.165) is 0 Å². The van der Waals surface area contributed by atoms with Crippen LogP contribution in [0, 0.1) is 5.82 Å². The molecule has 0 aliphatic carbocycles. The van der Waals surface area contributed by atoms with Gasteiger partial charge in [0.15, 0.2) is 4.80 Å². The van der Waals surface area contributed by atoms with Gasteiger partial charge in [0.2, 0.25) is 0 Å². The number of hydrogen-bond acceptors (Lipinski definition) is 7. The first-order valence-corrected chi connectivity index (χ1v) is 13.9. The molecule has 0 N–H and O–H groups in total. The number of carbonyl (C=O) groups excluding carboxylic acids is 2. The van der Waals surface area contributed by atoms with E-state index in [-0.39, 0.29) is 17.7 Å². The predicted octanol–water partition coefficient (Wildman–Crippen LogP) is 4.76. The molecule has 0 bridgehead atoms. The van der Waals surface area contributed by atoms with E-state index >= 15 is 0 Å². The van der Waals surface area contributed by atoms with Gasteiger partial charge in [-0.15, -0.1) is 0 Å². The SMILES string of the molecule is CCOC(=O)C1=C(c2ccccc2)N=c2s/c(=C\c3ccc(OC(C)=O)c(Br)c3)c(=O)n2[C@@H]1c1ccc(F)cc1. The highest BCUT2D eigenvalue weighted by Crippen LogP contribution is 2.35. The Morgan fingerprint density at radius 2 is 1.82 bits per heavy atom. The minimum Gasteiger partial charge on any atom is -0.463 e. The quantitative estimate of drug-likeness (QED) is 0.229. The molecule has 0 amide bonds. The summed E-state index contributed by atoms with van der Waals surface area (Å²) in [6, 6.07) is 19.0. The standard InChI is InChI=1S/C30H22BrFN2O5S/c1-3-38-29(37)25-26(19-7-5-4-6-8-19)33-30-34(27(25)20-10-12-21(32)13-11-20)28(36)24(40-30)16-18-9-14-23(22(31)15-18)39-17(2)35/h4-16,27H,3H2,1-2H3/b24-16-/t27-/m1/s1. The zero-order valence-electron chi connectivity index (χ0n) is 21.4. The van der Waals surface area contributed by atoms with Crippen LogP contribution in [0.5, 0.6) is 5.75 Å². The first kappa shape index (κ1) is 27.4. The molecule has 0 radical (unpaired) electrons. The van der Waals surface area contributed by atoms with Crippen molar-refractivity contribution in [3.8, 4) is 5.75 Å². The topological polar surface area (TPSA) is 87.0 Å². The van der Waals surface area contributed by atoms with Crippen molar-refractivity contribution >= 4 is 51.0 Å². The molecule has 1 atom stereocenters. The normalized spacial score (nSPS) is 14.9. The lowest BCUT2D eigenvalue weighted by molar-refractivity contribution is -0.139. The van der Waals surface area contributed by atoms with E-state index in [0.29, 0.717) is 41.9 Å². The minimum atomic E-state index is -0.897. The molecule has 0 fully saturated rings. The van der Waals surface area contributed by atoms with Crippen LogP contribution in [0.15, 0.2) is 92.6 Å². The zero-order chi connectivity index (χ0) is 28.4. The Morgan fingerprint density at radius 1 is 1.10 bits per heavy atom. The molecule has 2 heterocycles. The van der Waals surface area contributed by atoms with Crippen LogP contribution >= 0.6 is 27.3 Å². The van der Waals surface area contributed by atoms with Crippen LogP contribution in [0.1, 0.15) is 36.6 Å². The predicted molar refractivity (Wildman–Crippen MR) is 153 cm³/mol. The van der Waals surface area contributed by atoms with Gasteiger partial charge < -0.3 is 9.47 Å². The second-order valence-electron chi connectivity index (χ2n) is 8.77. The van der Waals surface area contributed by atoms with Gasteiger partial charge in [0, 0.05) is 12.5 Å². The van der Waals surface area contributed by atoms with E-state index in [1.807, 2.05) is 30.3 Å². The van der Waals surface area contributed by atoms with Crippen molar-refractivity contribution in [2.75, 3.05) is 6.61 Å². The molecule has 10 heteroatoms. The van der Waals surface area contributed by atoms with Gasteiger partial charge in [-0.2, -0.15) is 0 Å². The van der Waals surface area contributed by atoms with Crippen LogP contribution in [0.4, 0.5) is 4.39 Å². The summed E-state index contributed by atoms with van der Waals surface area (Å²) >= 11 is 4.57. The molecular weight excluding hydrogens is 599 g/mol. The van der Waals surface area contributed by atoms with Crippen molar-refractivity contribution in [2.24, 2.45) is 4.99 Å². The Morgan fingerprint density at radius 3 is 2.48 bits per heavy atom. The minimum absolute atomic E-state index is 0.128. The van der Waals surface area contributed by atoms with Gasteiger partial charge in [0.05, 0.1) is 32.9 Å². The van der Waals surface area contributed by atoms with Crippen LogP contribution in [0.25, 0.3) is 11.8 Å². The number of esters is 2. The van der Waals surface area contributed by atoms with Crippen molar-refractivity contribution in [2.45, 2.75) is 19.9 Å². The number of thiazole rings is 1. The Bertz CT molecular complexity index is 1830. The van der Waals surface area contributed by atoms with Gasteiger partial charge in [-0.3, -0.25) is 14.2 Å². The van der Waals surface area contributed by atoms with Crippen LogP contribution in [-0.4, -0.2) is 23.1 Å². The highest BCUT2D eigenvalue weighted by atomic mass is 79.9. The summed E-state index contributed by atoms with van der Waals surface area (Å²) in [4.78, 5) is 43.8. The van der Waals surface area contributed by atoms with Crippen LogP contribution < -0.4 is 19.6 Å². The molecule has 1 aliphatic rings. The number of fused-ring (bicyclic) bond motifs is 1. The van der Waals surface area contributed by atoms with Gasteiger partial charge in [0.25, 0.3) is 5.56 Å². The highest BCUT2D eigenvalue weighted by molar-refractivity contribution is 9.10. The number of benzene rings is 3. The lowest BCUT2D eigenvalue weighted by atomic mass is 9.93. The fourth-order valence-electron chi connectivity index (χ4n) is 4.40.